The van der Waals surface area contributed by atoms with Crippen LogP contribution in [0.1, 0.15) is 40.2 Å². The molecule has 13 heteroatoms. The molecular formula is C28H27F2N5O4S2. The van der Waals surface area contributed by atoms with Crippen molar-refractivity contribution < 1.29 is 27.9 Å². The summed E-state index contributed by atoms with van der Waals surface area (Å²) in [5.41, 5.74) is 3.89. The van der Waals surface area contributed by atoms with Crippen molar-refractivity contribution in [3.05, 3.63) is 69.9 Å². The van der Waals surface area contributed by atoms with E-state index in [-0.39, 0.29) is 11.4 Å². The summed E-state index contributed by atoms with van der Waals surface area (Å²) in [6, 6.07) is 12.3. The number of fused-ring (bicyclic) bond motifs is 2. The molecule has 5 N–H and O–H groups in total. The van der Waals surface area contributed by atoms with E-state index < -0.39 is 61.7 Å². The van der Waals surface area contributed by atoms with Crippen LogP contribution in [0.3, 0.4) is 0 Å². The smallest absolute Gasteiger partial charge is 0.251 e. The number of likely N-dealkylation sites (tertiary alicyclic amines) is 1. The Morgan fingerprint density at radius 2 is 1.93 bits per heavy atom. The average molecular weight is 600 g/mol. The van der Waals surface area contributed by atoms with E-state index in [0.29, 0.717) is 21.9 Å². The second-order valence-electron chi connectivity index (χ2n) is 9.90. The third kappa shape index (κ3) is 6.05. The molecule has 3 amide bonds. The van der Waals surface area contributed by atoms with Crippen LogP contribution in [0, 0.1) is 5.41 Å². The highest BCUT2D eigenvalue weighted by Crippen LogP contribution is 2.47. The van der Waals surface area contributed by atoms with Crippen LogP contribution in [0.4, 0.5) is 8.78 Å². The van der Waals surface area contributed by atoms with Crippen LogP contribution in [-0.4, -0.2) is 59.9 Å². The predicted molar refractivity (Wildman–Crippen MR) is 151 cm³/mol. The van der Waals surface area contributed by atoms with E-state index in [1.807, 2.05) is 24.3 Å². The van der Waals surface area contributed by atoms with Gasteiger partial charge in [0.15, 0.2) is 5.67 Å². The van der Waals surface area contributed by atoms with Crippen LogP contribution in [0.2, 0.25) is 0 Å². The van der Waals surface area contributed by atoms with Gasteiger partial charge in [-0.2, -0.15) is 0 Å². The van der Waals surface area contributed by atoms with Crippen LogP contribution < -0.4 is 21.1 Å². The first-order valence-electron chi connectivity index (χ1n) is 12.7. The summed E-state index contributed by atoms with van der Waals surface area (Å²) < 4.78 is 34.5. The number of nitrogens with zero attached hydrogens (tertiary/aromatic N) is 1. The molecule has 0 bridgehead atoms. The number of halogens is 2. The van der Waals surface area contributed by atoms with Gasteiger partial charge in [-0.3, -0.25) is 19.8 Å². The molecule has 3 atom stereocenters. The third-order valence-corrected chi connectivity index (χ3v) is 9.09. The van der Waals surface area contributed by atoms with Crippen LogP contribution in [-0.2, 0) is 9.59 Å². The van der Waals surface area contributed by atoms with Crippen molar-refractivity contribution in [2.24, 2.45) is 5.73 Å². The molecule has 0 spiro atoms. The highest BCUT2D eigenvalue weighted by atomic mass is 32.2. The molecule has 0 aliphatic carbocycles. The molecule has 2 aliphatic heterocycles. The lowest BCUT2D eigenvalue weighted by molar-refractivity contribution is -0.138. The van der Waals surface area contributed by atoms with E-state index in [1.165, 1.54) is 23.1 Å². The molecule has 214 valence electrons. The Hall–Kier alpha value is -3.97. The number of amidine groups is 1. The van der Waals surface area contributed by atoms with E-state index in [9.17, 15) is 18.8 Å². The summed E-state index contributed by atoms with van der Waals surface area (Å²) in [7, 11) is 0. The number of rotatable bonds is 8. The SMILES string of the molecule is CC(NC(=O)[C@@H]1C[C@](F)(CF)CN1C(=O)CNC(=O)c1ccc2c(c1)Oc1ccccc1S2)c1cc(C(=N)N)cs1. The van der Waals surface area contributed by atoms with Crippen LogP contribution >= 0.6 is 23.1 Å². The molecule has 1 fully saturated rings. The molecular weight excluding hydrogens is 572 g/mol. The van der Waals surface area contributed by atoms with E-state index in [1.54, 1.807) is 36.6 Å². The van der Waals surface area contributed by atoms with Crippen molar-refractivity contribution in [3.63, 3.8) is 0 Å². The second kappa shape index (κ2) is 11.5. The normalized spacial score (nSPS) is 19.9. The maximum Gasteiger partial charge on any atom is 0.251 e. The van der Waals surface area contributed by atoms with Crippen molar-refractivity contribution in [2.45, 2.75) is 40.9 Å². The molecule has 3 heterocycles. The minimum Gasteiger partial charge on any atom is -0.455 e. The number of carbonyl (C=O) groups is 3. The number of carbonyl (C=O) groups excluding carboxylic acids is 3. The lowest BCUT2D eigenvalue weighted by Gasteiger charge is -2.25. The van der Waals surface area contributed by atoms with Gasteiger partial charge in [0.1, 0.15) is 30.1 Å². The number of nitrogens with two attached hydrogens (primary N) is 1. The first kappa shape index (κ1) is 28.6. The first-order valence-corrected chi connectivity index (χ1v) is 14.4. The lowest BCUT2D eigenvalue weighted by Crippen LogP contribution is -2.49. The van der Waals surface area contributed by atoms with Crippen LogP contribution in [0.25, 0.3) is 0 Å². The Morgan fingerprint density at radius 1 is 1.17 bits per heavy atom. The maximum atomic E-state index is 15.1. The van der Waals surface area contributed by atoms with Crippen LogP contribution in [0.5, 0.6) is 11.5 Å². The predicted octanol–water partition coefficient (Wildman–Crippen LogP) is 4.17. The summed E-state index contributed by atoms with van der Waals surface area (Å²) in [6.07, 6.45) is -0.508. The van der Waals surface area contributed by atoms with Crippen molar-refractivity contribution in [1.29, 1.82) is 5.41 Å². The topological polar surface area (TPSA) is 138 Å². The van der Waals surface area contributed by atoms with Gasteiger partial charge >= 0.3 is 0 Å². The van der Waals surface area contributed by atoms with Crippen LogP contribution in [0.15, 0.2) is 63.7 Å². The monoisotopic (exact) mass is 599 g/mol. The fraction of sp³-hybridized carbons (Fsp3) is 0.286. The molecule has 5 rings (SSSR count). The molecule has 41 heavy (non-hydrogen) atoms. The molecule has 0 radical (unpaired) electrons. The highest BCUT2D eigenvalue weighted by Gasteiger charge is 2.49. The molecule has 3 aromatic rings. The lowest BCUT2D eigenvalue weighted by atomic mass is 10.0. The van der Waals surface area contributed by atoms with Gasteiger partial charge in [0.05, 0.1) is 28.9 Å². The number of ether oxygens (including phenoxy) is 1. The quantitative estimate of drug-likeness (QED) is 0.177. The Balaban J connectivity index is 1.23. The van der Waals surface area contributed by atoms with E-state index >= 15 is 4.39 Å². The van der Waals surface area contributed by atoms with E-state index in [2.05, 4.69) is 10.6 Å². The van der Waals surface area contributed by atoms with Gasteiger partial charge in [0, 0.05) is 27.8 Å². The maximum absolute atomic E-state index is 15.1. The summed E-state index contributed by atoms with van der Waals surface area (Å²) in [5.74, 6) is -0.854. The molecule has 1 unspecified atom stereocenters. The van der Waals surface area contributed by atoms with Gasteiger partial charge in [-0.25, -0.2) is 8.78 Å². The fourth-order valence-electron chi connectivity index (χ4n) is 4.66. The molecule has 9 nitrogen and oxygen atoms in total. The van der Waals surface area contributed by atoms with Crippen molar-refractivity contribution >= 4 is 46.7 Å². The van der Waals surface area contributed by atoms with E-state index in [0.717, 1.165) is 14.7 Å². The summed E-state index contributed by atoms with van der Waals surface area (Å²) in [5, 5.41) is 14.5. The van der Waals surface area contributed by atoms with Crippen molar-refractivity contribution in [3.8, 4) is 11.5 Å². The zero-order valence-electron chi connectivity index (χ0n) is 21.9. The Kier molecular flexibility index (Phi) is 8.00. The van der Waals surface area contributed by atoms with Gasteiger partial charge in [-0.1, -0.05) is 23.9 Å². The zero-order valence-corrected chi connectivity index (χ0v) is 23.5. The number of nitrogens with one attached hydrogen (secondary N) is 3. The molecule has 2 aliphatic rings. The largest absolute Gasteiger partial charge is 0.455 e. The number of amides is 3. The number of hydrogen-bond acceptors (Lipinski definition) is 7. The number of para-hydroxylation sites is 1. The van der Waals surface area contributed by atoms with E-state index in [4.69, 9.17) is 15.9 Å². The molecule has 1 aromatic heterocycles. The van der Waals surface area contributed by atoms with Gasteiger partial charge < -0.3 is 26.0 Å². The fourth-order valence-corrected chi connectivity index (χ4v) is 6.51. The number of hydrogen-bond donors (Lipinski definition) is 4. The molecule has 2 aromatic carbocycles. The average Bonchev–Trinajstić information content (AvgIpc) is 3.60. The highest BCUT2D eigenvalue weighted by molar-refractivity contribution is 7.99. The Labute approximate surface area is 242 Å². The minimum absolute atomic E-state index is 0.113. The molecule has 1 saturated heterocycles. The first-order chi connectivity index (χ1) is 19.6. The second-order valence-corrected chi connectivity index (χ2v) is 11.9. The van der Waals surface area contributed by atoms with Crippen molar-refractivity contribution in [1.82, 2.24) is 15.5 Å². The van der Waals surface area contributed by atoms with Crippen molar-refractivity contribution in [2.75, 3.05) is 19.8 Å². The number of nitrogen functional groups attached to an aromatic ring is 1. The van der Waals surface area contributed by atoms with Gasteiger partial charge in [0.2, 0.25) is 11.8 Å². The number of benzene rings is 2. The third-order valence-electron chi connectivity index (χ3n) is 6.86. The molecule has 0 saturated carbocycles. The summed E-state index contributed by atoms with van der Waals surface area (Å²) in [6.45, 7) is -0.775. The number of alkyl halides is 2. The Bertz CT molecular complexity index is 1530. The van der Waals surface area contributed by atoms with Gasteiger partial charge in [-0.05, 0) is 43.3 Å². The summed E-state index contributed by atoms with van der Waals surface area (Å²) >= 11 is 2.80. The number of thiophene rings is 1. The zero-order chi connectivity index (χ0) is 29.3. The van der Waals surface area contributed by atoms with Gasteiger partial charge in [0.25, 0.3) is 5.91 Å². The standard InChI is InChI=1S/C28H27F2N5O4S2/c1-15(23-9-17(12-40-23)25(31)32)34-27(38)18-10-28(30,13-29)14-35(18)24(36)11-33-26(37)16-6-7-22-20(8-16)39-19-4-2-3-5-21(19)41-22/h2-9,12,15,18H,10-11,13-14H2,1H3,(H3,31,32)(H,33,37)(H,34,38)/t15?,18-,28-/m0/s1. The van der Waals surface area contributed by atoms with Gasteiger partial charge in [-0.15, -0.1) is 11.3 Å². The minimum atomic E-state index is -2.38. The Morgan fingerprint density at radius 3 is 2.66 bits per heavy atom. The summed E-state index contributed by atoms with van der Waals surface area (Å²) in [4.78, 5) is 42.5.